The van der Waals surface area contributed by atoms with Gasteiger partial charge in [0.1, 0.15) is 12.3 Å². The normalized spacial score (nSPS) is 32.1. The van der Waals surface area contributed by atoms with Crippen molar-refractivity contribution in [2.75, 3.05) is 21.1 Å². The summed E-state index contributed by atoms with van der Waals surface area (Å²) < 4.78 is 0. The highest BCUT2D eigenvalue weighted by molar-refractivity contribution is 7.80. The van der Waals surface area contributed by atoms with Gasteiger partial charge in [-0.3, -0.25) is 5.43 Å². The van der Waals surface area contributed by atoms with Crippen LogP contribution in [0.25, 0.3) is 0 Å². The average Bonchev–Trinajstić information content (AvgIpc) is 2.38. The topological polar surface area (TPSA) is 50.9 Å². The molecule has 0 aromatic rings. The molecule has 7 heteroatoms. The van der Waals surface area contributed by atoms with Crippen LogP contribution in [0.4, 0.5) is 4.79 Å². The van der Waals surface area contributed by atoms with Crippen molar-refractivity contribution in [1.29, 1.82) is 0 Å². The fourth-order valence-electron chi connectivity index (χ4n) is 1.88. The van der Waals surface area contributed by atoms with Crippen LogP contribution in [0.1, 0.15) is 0 Å². The Morgan fingerprint density at radius 2 is 1.86 bits per heavy atom. The number of fused-ring (bicyclic) bond motifs is 1. The molecule has 2 heterocycles. The van der Waals surface area contributed by atoms with E-state index in [0.29, 0.717) is 5.11 Å². The van der Waals surface area contributed by atoms with Crippen molar-refractivity contribution in [3.8, 4) is 0 Å². The van der Waals surface area contributed by atoms with Gasteiger partial charge in [-0.1, -0.05) is 0 Å². The maximum atomic E-state index is 11.6. The molecular formula is C7H13N5OS. The Morgan fingerprint density at radius 1 is 1.21 bits per heavy atom. The predicted molar refractivity (Wildman–Crippen MR) is 55.1 cm³/mol. The molecule has 2 aliphatic heterocycles. The molecule has 2 unspecified atom stereocenters. The number of likely N-dealkylation sites (N-methyl/N-ethyl adjacent to an activating group) is 3. The third-order valence-corrected chi connectivity index (χ3v) is 3.13. The largest absolute Gasteiger partial charge is 0.327 e. The Morgan fingerprint density at radius 3 is 2.50 bits per heavy atom. The summed E-state index contributed by atoms with van der Waals surface area (Å²) in [6.07, 6.45) is -0.106. The molecule has 2 aliphatic rings. The number of urea groups is 1. The molecule has 2 saturated heterocycles. The molecule has 2 N–H and O–H groups in total. The van der Waals surface area contributed by atoms with Crippen molar-refractivity contribution in [2.45, 2.75) is 12.3 Å². The van der Waals surface area contributed by atoms with Gasteiger partial charge in [-0.15, -0.1) is 0 Å². The van der Waals surface area contributed by atoms with E-state index >= 15 is 0 Å². The summed E-state index contributed by atoms with van der Waals surface area (Å²) >= 11 is 5.08. The Kier molecular flexibility index (Phi) is 2.00. The van der Waals surface area contributed by atoms with Crippen LogP contribution >= 0.6 is 12.2 Å². The zero-order valence-electron chi connectivity index (χ0n) is 8.31. The molecule has 14 heavy (non-hydrogen) atoms. The van der Waals surface area contributed by atoms with Gasteiger partial charge in [0.25, 0.3) is 0 Å². The monoisotopic (exact) mass is 215 g/mol. The third kappa shape index (κ3) is 1.05. The van der Waals surface area contributed by atoms with E-state index in [1.165, 1.54) is 0 Å². The van der Waals surface area contributed by atoms with Crippen molar-refractivity contribution in [3.05, 3.63) is 0 Å². The Balaban J connectivity index is 2.29. The molecule has 0 radical (unpaired) electrons. The summed E-state index contributed by atoms with van der Waals surface area (Å²) in [6.45, 7) is 0. The minimum Gasteiger partial charge on any atom is -0.327 e. The molecule has 0 spiro atoms. The minimum absolute atomic E-state index is 0.00847. The van der Waals surface area contributed by atoms with Crippen LogP contribution in [-0.2, 0) is 0 Å². The summed E-state index contributed by atoms with van der Waals surface area (Å²) in [6, 6.07) is -0.00847. The number of nitrogens with zero attached hydrogens (tertiary/aromatic N) is 3. The summed E-state index contributed by atoms with van der Waals surface area (Å²) in [5.74, 6) is 0. The Hall–Kier alpha value is -1.08. The van der Waals surface area contributed by atoms with Crippen LogP contribution < -0.4 is 10.9 Å². The highest BCUT2D eigenvalue weighted by Gasteiger charge is 2.47. The zero-order chi connectivity index (χ0) is 10.5. The predicted octanol–water partition coefficient (Wildman–Crippen LogP) is -1.04. The second kappa shape index (κ2) is 2.96. The van der Waals surface area contributed by atoms with Gasteiger partial charge >= 0.3 is 6.03 Å². The van der Waals surface area contributed by atoms with Gasteiger partial charge in [0.05, 0.1) is 0 Å². The van der Waals surface area contributed by atoms with Crippen molar-refractivity contribution < 1.29 is 4.79 Å². The maximum absolute atomic E-state index is 11.6. The standard InChI is InChI=1S/C7H13N5OS/c1-10-4-5(12(3)7(10)13)11(2)6(14)9-8-4/h4-5,8H,1-3H3,(H,9,14). The highest BCUT2D eigenvalue weighted by Crippen LogP contribution is 2.21. The fourth-order valence-corrected chi connectivity index (χ4v) is 2.05. The van der Waals surface area contributed by atoms with Crippen molar-refractivity contribution in [3.63, 3.8) is 0 Å². The first-order valence-corrected chi connectivity index (χ1v) is 4.73. The fraction of sp³-hybridized carbons (Fsp3) is 0.714. The first-order valence-electron chi connectivity index (χ1n) is 4.32. The number of thiocarbonyl (C=S) groups is 1. The SMILES string of the molecule is CN1C(=O)N(C)C2C1NNC(=S)N2C. The van der Waals surface area contributed by atoms with Crippen LogP contribution in [0.15, 0.2) is 0 Å². The van der Waals surface area contributed by atoms with Gasteiger partial charge in [-0.25, -0.2) is 10.2 Å². The van der Waals surface area contributed by atoms with E-state index in [-0.39, 0.29) is 18.4 Å². The maximum Gasteiger partial charge on any atom is 0.322 e. The van der Waals surface area contributed by atoms with Crippen LogP contribution in [0, 0.1) is 0 Å². The lowest BCUT2D eigenvalue weighted by molar-refractivity contribution is 0.121. The van der Waals surface area contributed by atoms with Crippen molar-refractivity contribution in [2.24, 2.45) is 0 Å². The van der Waals surface area contributed by atoms with Crippen LogP contribution in [0.3, 0.4) is 0 Å². The lowest BCUT2D eigenvalue weighted by atomic mass is 10.3. The number of carbonyl (C=O) groups excluding carboxylic acids is 1. The molecule has 2 fully saturated rings. The van der Waals surface area contributed by atoms with Crippen molar-refractivity contribution in [1.82, 2.24) is 25.6 Å². The lowest BCUT2D eigenvalue weighted by Crippen LogP contribution is -2.67. The van der Waals surface area contributed by atoms with E-state index in [2.05, 4.69) is 10.9 Å². The number of rotatable bonds is 0. The van der Waals surface area contributed by atoms with E-state index in [4.69, 9.17) is 12.2 Å². The number of amides is 2. The molecule has 2 atom stereocenters. The Bertz CT molecular complexity index is 292. The molecular weight excluding hydrogens is 202 g/mol. The number of nitrogens with one attached hydrogen (secondary N) is 2. The van der Waals surface area contributed by atoms with Gasteiger partial charge in [-0.2, -0.15) is 0 Å². The molecule has 0 saturated carbocycles. The molecule has 0 aromatic heterocycles. The second-order valence-corrected chi connectivity index (χ2v) is 3.93. The van der Waals surface area contributed by atoms with Gasteiger partial charge < -0.3 is 14.7 Å². The molecule has 0 aliphatic carbocycles. The van der Waals surface area contributed by atoms with Crippen LogP contribution in [0.2, 0.25) is 0 Å². The Labute approximate surface area is 87.8 Å². The number of carbonyl (C=O) groups is 1. The number of hydrogen-bond donors (Lipinski definition) is 2. The molecule has 2 rings (SSSR count). The van der Waals surface area contributed by atoms with E-state index in [0.717, 1.165) is 0 Å². The van der Waals surface area contributed by atoms with Gasteiger partial charge in [0.15, 0.2) is 5.11 Å². The first-order chi connectivity index (χ1) is 6.54. The molecule has 0 aromatic carbocycles. The molecule has 0 bridgehead atoms. The summed E-state index contributed by atoms with van der Waals surface area (Å²) in [5, 5.41) is 0.598. The van der Waals surface area contributed by atoms with Gasteiger partial charge in [-0.05, 0) is 12.2 Å². The van der Waals surface area contributed by atoms with Crippen LogP contribution in [-0.4, -0.2) is 59.3 Å². The van der Waals surface area contributed by atoms with E-state index in [1.807, 2.05) is 11.9 Å². The number of hydrazine groups is 1. The number of hydrogen-bond acceptors (Lipinski definition) is 3. The highest BCUT2D eigenvalue weighted by atomic mass is 32.1. The summed E-state index contributed by atoms with van der Waals surface area (Å²) in [5.41, 5.74) is 5.86. The van der Waals surface area contributed by atoms with E-state index in [9.17, 15) is 4.79 Å². The average molecular weight is 215 g/mol. The van der Waals surface area contributed by atoms with Crippen molar-refractivity contribution >= 4 is 23.4 Å². The van der Waals surface area contributed by atoms with E-state index in [1.54, 1.807) is 23.9 Å². The molecule has 2 amide bonds. The first kappa shape index (κ1) is 9.47. The summed E-state index contributed by atoms with van der Waals surface area (Å²) in [7, 11) is 5.41. The smallest absolute Gasteiger partial charge is 0.322 e. The van der Waals surface area contributed by atoms with Gasteiger partial charge in [0, 0.05) is 21.1 Å². The minimum atomic E-state index is -0.0656. The van der Waals surface area contributed by atoms with Gasteiger partial charge in [0.2, 0.25) is 0 Å². The lowest BCUT2D eigenvalue weighted by Gasteiger charge is -2.40. The van der Waals surface area contributed by atoms with Crippen LogP contribution in [0.5, 0.6) is 0 Å². The second-order valence-electron chi connectivity index (χ2n) is 3.55. The zero-order valence-corrected chi connectivity index (χ0v) is 9.13. The van der Waals surface area contributed by atoms with E-state index < -0.39 is 0 Å². The molecule has 6 nitrogen and oxygen atoms in total. The quantitative estimate of drug-likeness (QED) is 0.506. The molecule has 78 valence electrons. The summed E-state index contributed by atoms with van der Waals surface area (Å²) in [4.78, 5) is 16.8. The third-order valence-electron chi connectivity index (χ3n) is 2.74.